The highest BCUT2D eigenvalue weighted by Gasteiger charge is 2.54. The minimum atomic E-state index is -4.21. The SMILES string of the molecule is COC(=O)c1ccc(C2=C3C=CC(Cl)=[N+]3[B-](F)(F)n3c(Cl)ccc32)cc1. The zero-order chi connectivity index (χ0) is 18.6. The molecule has 0 fully saturated rings. The Labute approximate surface area is 157 Å². The smallest absolute Gasteiger partial charge is 0.465 e. The van der Waals surface area contributed by atoms with Crippen molar-refractivity contribution in [3.05, 3.63) is 76.2 Å². The minimum absolute atomic E-state index is 0.0795. The van der Waals surface area contributed by atoms with Crippen LogP contribution >= 0.6 is 23.2 Å². The molecule has 0 atom stereocenters. The highest BCUT2D eigenvalue weighted by Crippen LogP contribution is 2.41. The summed E-state index contributed by atoms with van der Waals surface area (Å²) in [7, 11) is 1.29. The van der Waals surface area contributed by atoms with Gasteiger partial charge in [0.05, 0.1) is 23.4 Å². The fourth-order valence-electron chi connectivity index (χ4n) is 3.32. The molecular formula is C17H11BCl2F2N2O2. The summed E-state index contributed by atoms with van der Waals surface area (Å²) in [5, 5.41) is -0.159. The van der Waals surface area contributed by atoms with E-state index >= 15 is 8.63 Å². The minimum Gasteiger partial charge on any atom is -0.465 e. The van der Waals surface area contributed by atoms with Gasteiger partial charge in [-0.05, 0) is 41.4 Å². The first-order chi connectivity index (χ1) is 12.4. The molecule has 9 heteroatoms. The molecule has 3 heterocycles. The Kier molecular flexibility index (Phi) is 3.82. The van der Waals surface area contributed by atoms with Gasteiger partial charge in [-0.15, -0.1) is 0 Å². The van der Waals surface area contributed by atoms with E-state index in [0.717, 1.165) is 8.96 Å². The predicted molar refractivity (Wildman–Crippen MR) is 96.9 cm³/mol. The molecule has 0 saturated heterocycles. The Balaban J connectivity index is 1.97. The number of carbonyl (C=O) groups is 1. The number of nitrogens with zero attached hydrogens (tertiary/aromatic N) is 2. The molecule has 4 nitrogen and oxygen atoms in total. The summed E-state index contributed by atoms with van der Waals surface area (Å²) >= 11 is 12.1. The van der Waals surface area contributed by atoms with Crippen LogP contribution in [0.2, 0.25) is 5.15 Å². The van der Waals surface area contributed by atoms with Gasteiger partial charge >= 0.3 is 12.9 Å². The van der Waals surface area contributed by atoms with Crippen molar-refractivity contribution in [3.8, 4) is 0 Å². The van der Waals surface area contributed by atoms with Crippen molar-refractivity contribution in [1.82, 2.24) is 4.48 Å². The summed E-state index contributed by atoms with van der Waals surface area (Å²) in [4.78, 5) is 11.6. The summed E-state index contributed by atoms with van der Waals surface area (Å²) in [5.41, 5.74) is 2.13. The highest BCUT2D eigenvalue weighted by atomic mass is 35.5. The van der Waals surface area contributed by atoms with Gasteiger partial charge < -0.3 is 22.3 Å². The second-order valence-corrected chi connectivity index (χ2v) is 6.63. The van der Waals surface area contributed by atoms with Crippen LogP contribution in [0.1, 0.15) is 21.6 Å². The van der Waals surface area contributed by atoms with E-state index in [2.05, 4.69) is 4.74 Å². The zero-order valence-electron chi connectivity index (χ0n) is 13.4. The molecule has 1 aromatic heterocycles. The van der Waals surface area contributed by atoms with Crippen LogP contribution in [-0.2, 0) is 4.74 Å². The standard InChI is InChI=1S/C17H11BCl2F2N2O2/c1-26-17(25)11-4-2-10(3-5-11)16-12-6-8-14(19)23(12)18(21,22)24-13(16)7-9-15(24)20/h2-9H,1H3. The van der Waals surface area contributed by atoms with Gasteiger partial charge in [-0.25, -0.2) is 4.79 Å². The second-order valence-electron chi connectivity index (χ2n) is 5.85. The van der Waals surface area contributed by atoms with Crippen LogP contribution in [0, 0.1) is 0 Å². The fourth-order valence-corrected chi connectivity index (χ4v) is 3.86. The van der Waals surface area contributed by atoms with Gasteiger partial charge in [0.25, 0.3) is 0 Å². The van der Waals surface area contributed by atoms with Crippen LogP contribution in [-0.4, -0.2) is 34.2 Å². The van der Waals surface area contributed by atoms with Gasteiger partial charge in [-0.3, -0.25) is 0 Å². The average molecular weight is 395 g/mol. The van der Waals surface area contributed by atoms with E-state index in [4.69, 9.17) is 23.2 Å². The summed E-state index contributed by atoms with van der Waals surface area (Å²) in [6, 6.07) is 9.48. The molecule has 0 saturated carbocycles. The van der Waals surface area contributed by atoms with Crippen LogP contribution in [0.4, 0.5) is 8.63 Å². The Bertz CT molecular complexity index is 1040. The van der Waals surface area contributed by atoms with Gasteiger partial charge in [0, 0.05) is 17.8 Å². The first kappa shape index (κ1) is 17.1. The number of ether oxygens (including phenoxy) is 1. The van der Waals surface area contributed by atoms with Gasteiger partial charge in [-0.2, -0.15) is 0 Å². The number of allylic oxidation sites excluding steroid dienone is 2. The van der Waals surface area contributed by atoms with E-state index in [0.29, 0.717) is 16.7 Å². The number of benzene rings is 1. The number of fused-ring (bicyclic) bond motifs is 2. The molecule has 132 valence electrons. The molecule has 2 aliphatic heterocycles. The maximum Gasteiger partial charge on any atom is 0.739 e. The third-order valence-electron chi connectivity index (χ3n) is 4.47. The number of aromatic nitrogens is 1. The molecule has 0 aliphatic carbocycles. The lowest BCUT2D eigenvalue weighted by molar-refractivity contribution is -0.358. The van der Waals surface area contributed by atoms with E-state index in [1.165, 1.54) is 19.3 Å². The molecule has 0 spiro atoms. The van der Waals surface area contributed by atoms with E-state index in [1.807, 2.05) is 0 Å². The number of hydrogen-bond acceptors (Lipinski definition) is 2. The molecule has 0 bridgehead atoms. The molecule has 2 aromatic rings. The van der Waals surface area contributed by atoms with Crippen molar-refractivity contribution in [2.75, 3.05) is 7.11 Å². The van der Waals surface area contributed by atoms with Crippen LogP contribution in [0.25, 0.3) is 5.57 Å². The van der Waals surface area contributed by atoms with Gasteiger partial charge in [-0.1, -0.05) is 23.7 Å². The number of rotatable bonds is 2. The lowest BCUT2D eigenvalue weighted by Crippen LogP contribution is -2.50. The number of methoxy groups -OCH3 is 1. The molecular weight excluding hydrogens is 384 g/mol. The molecule has 4 rings (SSSR count). The van der Waals surface area contributed by atoms with Crippen molar-refractivity contribution in [2.24, 2.45) is 0 Å². The largest absolute Gasteiger partial charge is 0.739 e. The van der Waals surface area contributed by atoms with Gasteiger partial charge in [0.2, 0.25) is 5.17 Å². The molecule has 0 N–H and O–H groups in total. The molecule has 0 amide bonds. The summed E-state index contributed by atoms with van der Waals surface area (Å²) in [5.74, 6) is -0.474. The number of hydrogen-bond donors (Lipinski definition) is 0. The van der Waals surface area contributed by atoms with E-state index in [9.17, 15) is 4.79 Å². The summed E-state index contributed by atoms with van der Waals surface area (Å²) < 4.78 is 36.3. The van der Waals surface area contributed by atoms with Crippen molar-refractivity contribution < 1.29 is 22.6 Å². The van der Waals surface area contributed by atoms with Crippen LogP contribution in [0.3, 0.4) is 0 Å². The quantitative estimate of drug-likeness (QED) is 0.566. The topological polar surface area (TPSA) is 34.2 Å². The van der Waals surface area contributed by atoms with Crippen molar-refractivity contribution in [1.29, 1.82) is 0 Å². The van der Waals surface area contributed by atoms with Gasteiger partial charge in [0.1, 0.15) is 0 Å². The fraction of sp³-hybridized carbons (Fsp3) is 0.0588. The Morgan fingerprint density at radius 3 is 2.46 bits per heavy atom. The van der Waals surface area contributed by atoms with Crippen molar-refractivity contribution in [2.45, 2.75) is 0 Å². The van der Waals surface area contributed by atoms with Crippen molar-refractivity contribution in [3.63, 3.8) is 0 Å². The number of carbonyl (C=O) groups excluding carboxylic acids is 1. The van der Waals surface area contributed by atoms with Crippen LogP contribution < -0.4 is 0 Å². The van der Waals surface area contributed by atoms with Crippen LogP contribution in [0.15, 0.2) is 54.2 Å². The lowest BCUT2D eigenvalue weighted by Gasteiger charge is -2.31. The first-order valence-electron chi connectivity index (χ1n) is 7.68. The molecule has 0 unspecified atom stereocenters. The Hall–Kier alpha value is -2.38. The molecule has 0 radical (unpaired) electrons. The molecule has 1 aromatic carbocycles. The monoisotopic (exact) mass is 394 g/mol. The highest BCUT2D eigenvalue weighted by molar-refractivity contribution is 6.71. The number of halogens is 4. The normalized spacial score (nSPS) is 17.4. The van der Waals surface area contributed by atoms with Crippen LogP contribution in [0.5, 0.6) is 0 Å². The van der Waals surface area contributed by atoms with Gasteiger partial charge in [0.15, 0.2) is 5.70 Å². The van der Waals surface area contributed by atoms with Crippen molar-refractivity contribution >= 4 is 46.9 Å². The Morgan fingerprint density at radius 1 is 1.12 bits per heavy atom. The molecule has 2 aliphatic rings. The number of esters is 1. The summed E-state index contributed by atoms with van der Waals surface area (Å²) in [6.07, 6.45) is 2.97. The Morgan fingerprint density at radius 2 is 1.81 bits per heavy atom. The third kappa shape index (κ3) is 2.27. The molecule has 26 heavy (non-hydrogen) atoms. The third-order valence-corrected chi connectivity index (χ3v) is 5.08. The zero-order valence-corrected chi connectivity index (χ0v) is 14.9. The first-order valence-corrected chi connectivity index (χ1v) is 8.44. The summed E-state index contributed by atoms with van der Waals surface area (Å²) in [6.45, 7) is -4.21. The lowest BCUT2D eigenvalue weighted by atomic mass is 9.86. The van der Waals surface area contributed by atoms with E-state index in [-0.39, 0.29) is 21.7 Å². The van der Waals surface area contributed by atoms with E-state index in [1.54, 1.807) is 36.4 Å². The second kappa shape index (κ2) is 5.82. The maximum atomic E-state index is 15.0. The predicted octanol–water partition coefficient (Wildman–Crippen LogP) is 4.14. The average Bonchev–Trinajstić information content (AvgIpc) is 3.19. The maximum absolute atomic E-state index is 15.0. The van der Waals surface area contributed by atoms with E-state index < -0.39 is 12.9 Å².